The van der Waals surface area contributed by atoms with E-state index in [9.17, 15) is 4.79 Å². The zero-order chi connectivity index (χ0) is 26.0. The number of ether oxygens (including phenoxy) is 3. The molecule has 0 heterocycles. The maximum Gasteiger partial charge on any atom is 0.333 e. The Morgan fingerprint density at radius 3 is 2.05 bits per heavy atom. The van der Waals surface area contributed by atoms with Gasteiger partial charge in [-0.25, -0.2) is 4.79 Å². The summed E-state index contributed by atoms with van der Waals surface area (Å²) in [5.74, 6) is 4.25. The molecular weight excluding hydrogens is 464 g/mol. The van der Waals surface area contributed by atoms with Gasteiger partial charge in [0.2, 0.25) is 0 Å². The molecule has 2 aliphatic carbocycles. The average Bonchev–Trinajstić information content (AvgIpc) is 2.95. The van der Waals surface area contributed by atoms with E-state index in [0.717, 1.165) is 23.3 Å². The summed E-state index contributed by atoms with van der Waals surface area (Å²) < 4.78 is 16.7. The number of aliphatic hydroxyl groups is 1. The number of aliphatic hydroxyl groups excluding tert-OH is 1. The number of hydrogen-bond acceptors (Lipinski definition) is 5. The van der Waals surface area contributed by atoms with Gasteiger partial charge in [0.1, 0.15) is 31.3 Å². The monoisotopic (exact) mass is 506 g/mol. The average molecular weight is 507 g/mol. The quantitative estimate of drug-likeness (QED) is 0.206. The summed E-state index contributed by atoms with van der Waals surface area (Å²) >= 11 is 0. The van der Waals surface area contributed by atoms with Gasteiger partial charge in [-0.1, -0.05) is 36.9 Å². The molecule has 5 nitrogen and oxygen atoms in total. The van der Waals surface area contributed by atoms with Gasteiger partial charge in [0.25, 0.3) is 0 Å². The predicted molar refractivity (Wildman–Crippen MR) is 146 cm³/mol. The van der Waals surface area contributed by atoms with Crippen LogP contribution in [0.1, 0.15) is 81.3 Å². The second-order valence-electron chi connectivity index (χ2n) is 10.7. The standard InChI is InChI=1S/C32H42O5/c1-23(2)32(34)37-22-21-36-31-6-4-3-5-30(31)28-13-11-26(12-14-28)24-7-9-25(10-8-24)27-15-17-29(18-16-27)35-20-19-33/h3-6,15-18,24-26,28,33H,1,7-14,19-22H2,2H3. The summed E-state index contributed by atoms with van der Waals surface area (Å²) in [6.07, 6.45) is 10.2. The molecule has 200 valence electrons. The van der Waals surface area contributed by atoms with E-state index in [1.807, 2.05) is 24.3 Å². The smallest absolute Gasteiger partial charge is 0.333 e. The SMILES string of the molecule is C=C(C)C(=O)OCCOc1ccccc1C1CCC(C2CCC(c3ccc(OCCO)cc3)CC2)CC1. The molecule has 0 atom stereocenters. The molecule has 2 aromatic rings. The molecule has 2 aliphatic rings. The van der Waals surface area contributed by atoms with E-state index in [2.05, 4.69) is 30.8 Å². The molecular formula is C32H42O5. The van der Waals surface area contributed by atoms with E-state index in [-0.39, 0.29) is 19.2 Å². The lowest BCUT2D eigenvalue weighted by Gasteiger charge is -2.38. The molecule has 0 saturated heterocycles. The van der Waals surface area contributed by atoms with Crippen LogP contribution in [-0.2, 0) is 9.53 Å². The Hall–Kier alpha value is -2.79. The Bertz CT molecular complexity index is 998. The van der Waals surface area contributed by atoms with Gasteiger partial charge >= 0.3 is 5.97 Å². The van der Waals surface area contributed by atoms with Crippen LogP contribution in [0.3, 0.4) is 0 Å². The van der Waals surface area contributed by atoms with Gasteiger partial charge in [-0.2, -0.15) is 0 Å². The third-order valence-electron chi connectivity index (χ3n) is 8.20. The minimum absolute atomic E-state index is 0.0444. The maximum atomic E-state index is 11.6. The third kappa shape index (κ3) is 7.61. The van der Waals surface area contributed by atoms with Gasteiger partial charge in [-0.3, -0.25) is 0 Å². The second-order valence-corrected chi connectivity index (χ2v) is 10.7. The Kier molecular flexibility index (Phi) is 10.1. The molecule has 0 bridgehead atoms. The molecule has 5 heteroatoms. The normalized spacial score (nSPS) is 23.7. The molecule has 0 amide bonds. The summed E-state index contributed by atoms with van der Waals surface area (Å²) in [4.78, 5) is 11.6. The first-order valence-electron chi connectivity index (χ1n) is 13.9. The van der Waals surface area contributed by atoms with Crippen molar-refractivity contribution in [2.75, 3.05) is 26.4 Å². The van der Waals surface area contributed by atoms with Crippen LogP contribution < -0.4 is 9.47 Å². The van der Waals surface area contributed by atoms with Gasteiger partial charge in [0, 0.05) is 5.57 Å². The Morgan fingerprint density at radius 1 is 0.811 bits per heavy atom. The highest BCUT2D eigenvalue weighted by atomic mass is 16.6. The van der Waals surface area contributed by atoms with Crippen LogP contribution in [0.15, 0.2) is 60.7 Å². The van der Waals surface area contributed by atoms with Crippen LogP contribution in [0.5, 0.6) is 11.5 Å². The predicted octanol–water partition coefficient (Wildman–Crippen LogP) is 6.80. The van der Waals surface area contributed by atoms with Crippen LogP contribution in [0.4, 0.5) is 0 Å². The van der Waals surface area contributed by atoms with Crippen molar-refractivity contribution in [1.82, 2.24) is 0 Å². The minimum Gasteiger partial charge on any atom is -0.491 e. The van der Waals surface area contributed by atoms with Gasteiger partial charge in [-0.15, -0.1) is 0 Å². The fraction of sp³-hybridized carbons (Fsp3) is 0.531. The highest BCUT2D eigenvalue weighted by molar-refractivity contribution is 5.86. The van der Waals surface area contributed by atoms with Gasteiger partial charge in [0.05, 0.1) is 6.61 Å². The molecule has 4 rings (SSSR count). The molecule has 0 aromatic heterocycles. The zero-order valence-electron chi connectivity index (χ0n) is 22.2. The van der Waals surface area contributed by atoms with Crippen LogP contribution in [0, 0.1) is 11.8 Å². The molecule has 1 N–H and O–H groups in total. The Balaban J connectivity index is 1.22. The molecule has 0 spiro atoms. The second kappa shape index (κ2) is 13.7. The highest BCUT2D eigenvalue weighted by Gasteiger charge is 2.32. The van der Waals surface area contributed by atoms with Crippen molar-refractivity contribution in [1.29, 1.82) is 0 Å². The van der Waals surface area contributed by atoms with Crippen molar-refractivity contribution in [2.45, 2.75) is 70.1 Å². The zero-order valence-corrected chi connectivity index (χ0v) is 22.2. The summed E-state index contributed by atoms with van der Waals surface area (Å²) in [6.45, 7) is 6.24. The topological polar surface area (TPSA) is 65.0 Å². The van der Waals surface area contributed by atoms with Crippen molar-refractivity contribution in [3.05, 3.63) is 71.8 Å². The van der Waals surface area contributed by atoms with Crippen molar-refractivity contribution in [2.24, 2.45) is 11.8 Å². The van der Waals surface area contributed by atoms with Crippen LogP contribution >= 0.6 is 0 Å². The van der Waals surface area contributed by atoms with Crippen LogP contribution in [0.2, 0.25) is 0 Å². The van der Waals surface area contributed by atoms with Gasteiger partial charge in [0.15, 0.2) is 0 Å². The van der Waals surface area contributed by atoms with E-state index >= 15 is 0 Å². The molecule has 0 radical (unpaired) electrons. The van der Waals surface area contributed by atoms with Crippen molar-refractivity contribution >= 4 is 5.97 Å². The molecule has 0 aliphatic heterocycles. The first kappa shape index (κ1) is 27.3. The maximum absolute atomic E-state index is 11.6. The number of para-hydroxylation sites is 1. The van der Waals surface area contributed by atoms with Crippen molar-refractivity contribution < 1.29 is 24.1 Å². The minimum atomic E-state index is -0.369. The molecule has 2 saturated carbocycles. The van der Waals surface area contributed by atoms with Crippen LogP contribution in [-0.4, -0.2) is 37.5 Å². The van der Waals surface area contributed by atoms with Crippen LogP contribution in [0.25, 0.3) is 0 Å². The third-order valence-corrected chi connectivity index (χ3v) is 8.20. The number of hydrogen-bond donors (Lipinski definition) is 1. The molecule has 2 fully saturated rings. The first-order chi connectivity index (χ1) is 18.0. The molecule has 2 aromatic carbocycles. The van der Waals surface area contributed by atoms with Gasteiger partial charge < -0.3 is 19.3 Å². The summed E-state index contributed by atoms with van der Waals surface area (Å²) in [6, 6.07) is 16.8. The Morgan fingerprint density at radius 2 is 1.43 bits per heavy atom. The number of carbonyl (C=O) groups excluding carboxylic acids is 1. The fourth-order valence-electron chi connectivity index (χ4n) is 6.18. The summed E-state index contributed by atoms with van der Waals surface area (Å²) in [5, 5.41) is 8.93. The van der Waals surface area contributed by atoms with Gasteiger partial charge in [-0.05, 0) is 111 Å². The van der Waals surface area contributed by atoms with E-state index in [4.69, 9.17) is 19.3 Å². The van der Waals surface area contributed by atoms with E-state index in [1.165, 1.54) is 62.5 Å². The largest absolute Gasteiger partial charge is 0.491 e. The van der Waals surface area contributed by atoms with E-state index in [1.54, 1.807) is 6.92 Å². The fourth-order valence-corrected chi connectivity index (χ4v) is 6.18. The number of esters is 1. The number of carbonyl (C=O) groups is 1. The molecule has 0 unspecified atom stereocenters. The molecule has 37 heavy (non-hydrogen) atoms. The number of benzene rings is 2. The number of rotatable bonds is 11. The highest BCUT2D eigenvalue weighted by Crippen LogP contribution is 2.46. The van der Waals surface area contributed by atoms with E-state index in [0.29, 0.717) is 30.6 Å². The lowest BCUT2D eigenvalue weighted by atomic mass is 9.67. The van der Waals surface area contributed by atoms with Crippen molar-refractivity contribution in [3.8, 4) is 11.5 Å². The summed E-state index contributed by atoms with van der Waals surface area (Å²) in [7, 11) is 0. The lowest BCUT2D eigenvalue weighted by Crippen LogP contribution is -2.25. The van der Waals surface area contributed by atoms with E-state index < -0.39 is 0 Å². The first-order valence-corrected chi connectivity index (χ1v) is 13.9. The summed E-state index contributed by atoms with van der Waals surface area (Å²) in [5.41, 5.74) is 3.12. The lowest BCUT2D eigenvalue weighted by molar-refractivity contribution is -0.139. The van der Waals surface area contributed by atoms with Crippen molar-refractivity contribution in [3.63, 3.8) is 0 Å². The Labute approximate surface area is 221 Å².